The second-order valence-corrected chi connectivity index (χ2v) is 9.26. The minimum atomic E-state index is -0.450. The molecule has 0 atom stereocenters. The van der Waals surface area contributed by atoms with Crippen LogP contribution in [0.4, 0.5) is 4.79 Å². The number of halogens is 1. The third-order valence-corrected chi connectivity index (χ3v) is 6.51. The lowest BCUT2D eigenvalue weighted by Gasteiger charge is -2.15. The molecule has 176 valence electrons. The summed E-state index contributed by atoms with van der Waals surface area (Å²) in [5.41, 5.74) is 7.44. The van der Waals surface area contributed by atoms with Crippen LogP contribution in [0.5, 0.6) is 5.75 Å². The predicted octanol–water partition coefficient (Wildman–Crippen LogP) is 6.85. The van der Waals surface area contributed by atoms with Crippen molar-refractivity contribution in [2.24, 2.45) is 0 Å². The Labute approximate surface area is 211 Å². The Bertz CT molecular complexity index is 1260. The number of hydrogen-bond donors (Lipinski definition) is 1. The Morgan fingerprint density at radius 2 is 1.34 bits per heavy atom. The van der Waals surface area contributed by atoms with Gasteiger partial charge in [-0.1, -0.05) is 84.4 Å². The molecule has 0 saturated heterocycles. The number of rotatable bonds is 7. The quantitative estimate of drug-likeness (QED) is 0.313. The van der Waals surface area contributed by atoms with E-state index in [-0.39, 0.29) is 0 Å². The Morgan fingerprint density at radius 1 is 0.771 bits per heavy atom. The van der Waals surface area contributed by atoms with Crippen LogP contribution in [0.2, 0.25) is 5.02 Å². The number of hydrogen-bond acceptors (Lipinski definition) is 3. The van der Waals surface area contributed by atoms with Gasteiger partial charge < -0.3 is 10.1 Å². The number of carbonyl (C=O) groups excluding carboxylic acids is 1. The highest BCUT2D eigenvalue weighted by Gasteiger charge is 2.18. The van der Waals surface area contributed by atoms with Gasteiger partial charge in [0.05, 0.1) is 0 Å². The van der Waals surface area contributed by atoms with E-state index in [4.69, 9.17) is 16.3 Å². The molecule has 4 nitrogen and oxygen atoms in total. The zero-order valence-corrected chi connectivity index (χ0v) is 20.2. The molecule has 1 aliphatic heterocycles. The van der Waals surface area contributed by atoms with E-state index in [0.29, 0.717) is 17.3 Å². The summed E-state index contributed by atoms with van der Waals surface area (Å²) in [5.74, 6) is 0.508. The van der Waals surface area contributed by atoms with E-state index in [9.17, 15) is 4.79 Å². The Balaban J connectivity index is 1.05. The molecule has 4 aromatic carbocycles. The molecule has 0 bridgehead atoms. The molecule has 0 saturated carbocycles. The topological polar surface area (TPSA) is 41.6 Å². The zero-order chi connectivity index (χ0) is 24.0. The fourth-order valence-corrected chi connectivity index (χ4v) is 4.52. The summed E-state index contributed by atoms with van der Waals surface area (Å²) in [6.07, 6.45) is 0.300. The molecule has 1 aliphatic rings. The molecule has 1 heterocycles. The van der Waals surface area contributed by atoms with E-state index in [1.807, 2.05) is 36.4 Å². The molecule has 35 heavy (non-hydrogen) atoms. The molecule has 1 N–H and O–H groups in total. The van der Waals surface area contributed by atoms with E-state index in [0.717, 1.165) is 37.2 Å². The monoisotopic (exact) mass is 482 g/mol. The van der Waals surface area contributed by atoms with Crippen LogP contribution >= 0.6 is 11.6 Å². The highest BCUT2D eigenvalue weighted by molar-refractivity contribution is 6.30. The largest absolute Gasteiger partial charge is 0.412 e. The lowest BCUT2D eigenvalue weighted by molar-refractivity contribution is 0.200. The smallest absolute Gasteiger partial charge is 0.410 e. The molecule has 0 radical (unpaired) electrons. The van der Waals surface area contributed by atoms with Crippen LogP contribution in [0.25, 0.3) is 11.1 Å². The summed E-state index contributed by atoms with van der Waals surface area (Å²) in [6.45, 7) is 3.47. The van der Waals surface area contributed by atoms with Gasteiger partial charge in [-0.25, -0.2) is 4.79 Å². The molecule has 1 amide bonds. The van der Waals surface area contributed by atoms with Crippen molar-refractivity contribution in [3.8, 4) is 16.9 Å². The fourth-order valence-electron chi connectivity index (χ4n) is 4.39. The van der Waals surface area contributed by atoms with E-state index >= 15 is 0 Å². The molecule has 0 spiro atoms. The number of fused-ring (bicyclic) bond motifs is 1. The zero-order valence-electron chi connectivity index (χ0n) is 19.4. The molecule has 0 aliphatic carbocycles. The van der Waals surface area contributed by atoms with Crippen molar-refractivity contribution >= 4 is 17.7 Å². The minimum absolute atomic E-state index is 0.450. The van der Waals surface area contributed by atoms with Crippen LogP contribution < -0.4 is 10.1 Å². The van der Waals surface area contributed by atoms with Crippen molar-refractivity contribution in [3.63, 3.8) is 0 Å². The lowest BCUT2D eigenvalue weighted by atomic mass is 10.1. The molecular weight excluding hydrogens is 456 g/mol. The molecular formula is C30H27ClN2O2. The summed E-state index contributed by atoms with van der Waals surface area (Å²) in [4.78, 5) is 14.6. The third kappa shape index (κ3) is 6.10. The second-order valence-electron chi connectivity index (χ2n) is 8.83. The normalized spacial score (nSPS) is 12.8. The number of carbonyl (C=O) groups is 1. The van der Waals surface area contributed by atoms with Crippen molar-refractivity contribution in [1.29, 1.82) is 0 Å². The SMILES string of the molecule is O=C(NCCc1ccc(CN2Cc3ccccc3C2)cc1)Oc1ccc(-c2ccc(Cl)cc2)cc1. The number of amides is 1. The van der Waals surface area contributed by atoms with Gasteiger partial charge in [-0.05, 0) is 64.1 Å². The van der Waals surface area contributed by atoms with Crippen LogP contribution in [-0.2, 0) is 26.1 Å². The Morgan fingerprint density at radius 3 is 1.97 bits per heavy atom. The number of nitrogens with zero attached hydrogens (tertiary/aromatic N) is 1. The van der Waals surface area contributed by atoms with Gasteiger partial charge in [-0.2, -0.15) is 0 Å². The number of nitrogens with one attached hydrogen (secondary N) is 1. The molecule has 0 fully saturated rings. The summed E-state index contributed by atoms with van der Waals surface area (Å²) < 4.78 is 5.41. The molecule has 5 rings (SSSR count). The Hall–Kier alpha value is -3.60. The van der Waals surface area contributed by atoms with E-state index in [2.05, 4.69) is 58.7 Å². The highest BCUT2D eigenvalue weighted by Crippen LogP contribution is 2.25. The van der Waals surface area contributed by atoms with Gasteiger partial charge in [0, 0.05) is 31.2 Å². The first-order valence-electron chi connectivity index (χ1n) is 11.8. The maximum absolute atomic E-state index is 12.2. The van der Waals surface area contributed by atoms with Crippen molar-refractivity contribution in [2.75, 3.05) is 6.54 Å². The van der Waals surface area contributed by atoms with Crippen molar-refractivity contribution in [1.82, 2.24) is 10.2 Å². The van der Waals surface area contributed by atoms with E-state index in [1.165, 1.54) is 22.3 Å². The van der Waals surface area contributed by atoms with Crippen molar-refractivity contribution in [2.45, 2.75) is 26.1 Å². The van der Waals surface area contributed by atoms with Crippen LogP contribution in [0.15, 0.2) is 97.1 Å². The number of benzene rings is 4. The average Bonchev–Trinajstić information content (AvgIpc) is 3.28. The van der Waals surface area contributed by atoms with Crippen LogP contribution in [0, 0.1) is 0 Å². The van der Waals surface area contributed by atoms with E-state index < -0.39 is 6.09 Å². The lowest BCUT2D eigenvalue weighted by Crippen LogP contribution is -2.28. The predicted molar refractivity (Wildman–Crippen MR) is 140 cm³/mol. The molecule has 5 heteroatoms. The molecule has 0 aromatic heterocycles. The fraction of sp³-hybridized carbons (Fsp3) is 0.167. The summed E-state index contributed by atoms with van der Waals surface area (Å²) in [5, 5.41) is 3.54. The summed E-state index contributed by atoms with van der Waals surface area (Å²) >= 11 is 5.95. The first-order chi connectivity index (χ1) is 17.1. The Kier molecular flexibility index (Phi) is 7.12. The van der Waals surface area contributed by atoms with E-state index in [1.54, 1.807) is 12.1 Å². The van der Waals surface area contributed by atoms with Crippen molar-refractivity contribution in [3.05, 3.63) is 124 Å². The minimum Gasteiger partial charge on any atom is -0.410 e. The van der Waals surface area contributed by atoms with Gasteiger partial charge in [-0.15, -0.1) is 0 Å². The van der Waals surface area contributed by atoms with Crippen LogP contribution in [0.1, 0.15) is 22.3 Å². The molecule has 0 unspecified atom stereocenters. The van der Waals surface area contributed by atoms with Gasteiger partial charge >= 0.3 is 6.09 Å². The highest BCUT2D eigenvalue weighted by atomic mass is 35.5. The second kappa shape index (κ2) is 10.8. The van der Waals surface area contributed by atoms with Gasteiger partial charge in [0.1, 0.15) is 5.75 Å². The standard InChI is InChI=1S/C30H27ClN2O2/c31-28-13-9-24(10-14-28)25-11-15-29(16-12-25)35-30(34)32-18-17-22-5-7-23(8-6-22)19-33-20-26-3-1-2-4-27(26)21-33/h1-16H,17-21H2,(H,32,34). The maximum atomic E-state index is 12.2. The summed E-state index contributed by atoms with van der Waals surface area (Å²) in [7, 11) is 0. The van der Waals surface area contributed by atoms with Gasteiger partial charge in [-0.3, -0.25) is 4.90 Å². The van der Waals surface area contributed by atoms with Crippen LogP contribution in [-0.4, -0.2) is 17.5 Å². The molecule has 4 aromatic rings. The average molecular weight is 483 g/mol. The van der Waals surface area contributed by atoms with Gasteiger partial charge in [0.15, 0.2) is 0 Å². The third-order valence-electron chi connectivity index (χ3n) is 6.26. The first-order valence-corrected chi connectivity index (χ1v) is 12.2. The first kappa shape index (κ1) is 23.2. The van der Waals surface area contributed by atoms with Crippen molar-refractivity contribution < 1.29 is 9.53 Å². The maximum Gasteiger partial charge on any atom is 0.412 e. The number of ether oxygens (including phenoxy) is 1. The van der Waals surface area contributed by atoms with Crippen LogP contribution in [0.3, 0.4) is 0 Å². The van der Waals surface area contributed by atoms with Gasteiger partial charge in [0.25, 0.3) is 0 Å². The summed E-state index contributed by atoms with van der Waals surface area (Å²) in [6, 6.07) is 32.4. The van der Waals surface area contributed by atoms with Gasteiger partial charge in [0.2, 0.25) is 0 Å².